The van der Waals surface area contributed by atoms with Crippen LogP contribution in [0.3, 0.4) is 0 Å². The summed E-state index contributed by atoms with van der Waals surface area (Å²) in [6.45, 7) is 3.19. The van der Waals surface area contributed by atoms with E-state index in [1.807, 2.05) is 12.1 Å². The molecule has 1 aromatic rings. The molecule has 0 radical (unpaired) electrons. The molecule has 1 atom stereocenters. The lowest BCUT2D eigenvalue weighted by molar-refractivity contribution is 0.443. The van der Waals surface area contributed by atoms with Crippen LogP contribution in [0, 0.1) is 5.92 Å². The van der Waals surface area contributed by atoms with E-state index in [1.54, 1.807) is 12.4 Å². The van der Waals surface area contributed by atoms with E-state index in [4.69, 9.17) is 5.73 Å². The first-order chi connectivity index (χ1) is 9.57. The summed E-state index contributed by atoms with van der Waals surface area (Å²) >= 11 is 0. The Morgan fingerprint density at radius 2 is 2.00 bits per heavy atom. The molecule has 0 fully saturated rings. The molecule has 0 aliphatic carbocycles. The summed E-state index contributed by atoms with van der Waals surface area (Å²) in [7, 11) is -3.22. The minimum atomic E-state index is -3.22. The van der Waals surface area contributed by atoms with Gasteiger partial charge in [0.2, 0.25) is 10.0 Å². The van der Waals surface area contributed by atoms with Crippen LogP contribution in [0.4, 0.5) is 0 Å². The number of hydrogen-bond acceptors (Lipinski definition) is 4. The van der Waals surface area contributed by atoms with E-state index in [9.17, 15) is 8.42 Å². The van der Waals surface area contributed by atoms with Gasteiger partial charge in [0.25, 0.3) is 0 Å². The van der Waals surface area contributed by atoms with Crippen molar-refractivity contribution in [1.82, 2.24) is 9.71 Å². The minimum absolute atomic E-state index is 0.110. The second kappa shape index (κ2) is 9.05. The number of sulfonamides is 1. The van der Waals surface area contributed by atoms with E-state index in [0.29, 0.717) is 25.4 Å². The van der Waals surface area contributed by atoms with Crippen molar-refractivity contribution in [3.05, 3.63) is 30.1 Å². The SMILES string of the molecule is CCCC(CCN)CNS(=O)(=O)CCc1ccncc1. The molecular weight excluding hydrogens is 274 g/mol. The van der Waals surface area contributed by atoms with Crippen LogP contribution in [0.2, 0.25) is 0 Å². The fraction of sp³-hybridized carbons (Fsp3) is 0.643. The maximum absolute atomic E-state index is 12.0. The molecule has 20 heavy (non-hydrogen) atoms. The monoisotopic (exact) mass is 299 g/mol. The zero-order chi connectivity index (χ0) is 14.8. The number of pyridine rings is 1. The second-order valence-electron chi connectivity index (χ2n) is 5.00. The second-order valence-corrected chi connectivity index (χ2v) is 6.93. The molecule has 1 heterocycles. The lowest BCUT2D eigenvalue weighted by Crippen LogP contribution is -2.32. The van der Waals surface area contributed by atoms with Crippen LogP contribution in [0.15, 0.2) is 24.5 Å². The number of aromatic nitrogens is 1. The molecule has 0 saturated heterocycles. The molecule has 1 unspecified atom stereocenters. The van der Waals surface area contributed by atoms with Crippen LogP contribution in [-0.2, 0) is 16.4 Å². The lowest BCUT2D eigenvalue weighted by Gasteiger charge is -2.16. The van der Waals surface area contributed by atoms with Gasteiger partial charge < -0.3 is 5.73 Å². The summed E-state index contributed by atoms with van der Waals surface area (Å²) < 4.78 is 26.6. The van der Waals surface area contributed by atoms with Gasteiger partial charge in [-0.1, -0.05) is 13.3 Å². The van der Waals surface area contributed by atoms with Gasteiger partial charge >= 0.3 is 0 Å². The molecule has 5 nitrogen and oxygen atoms in total. The largest absolute Gasteiger partial charge is 0.330 e. The molecule has 0 aliphatic rings. The molecular formula is C14H25N3O2S. The Balaban J connectivity index is 2.40. The number of nitrogens with two attached hydrogens (primary N) is 1. The quantitative estimate of drug-likeness (QED) is 0.682. The maximum Gasteiger partial charge on any atom is 0.211 e. The zero-order valence-corrected chi connectivity index (χ0v) is 12.9. The number of aryl methyl sites for hydroxylation is 1. The molecule has 0 saturated carbocycles. The van der Waals surface area contributed by atoms with Gasteiger partial charge in [-0.15, -0.1) is 0 Å². The van der Waals surface area contributed by atoms with Crippen molar-refractivity contribution in [2.45, 2.75) is 32.6 Å². The van der Waals surface area contributed by atoms with E-state index in [-0.39, 0.29) is 5.75 Å². The highest BCUT2D eigenvalue weighted by Crippen LogP contribution is 2.09. The Bertz CT molecular complexity index is 457. The summed E-state index contributed by atoms with van der Waals surface area (Å²) in [6.07, 6.45) is 6.77. The van der Waals surface area contributed by atoms with E-state index < -0.39 is 10.0 Å². The number of nitrogens with one attached hydrogen (secondary N) is 1. The van der Waals surface area contributed by atoms with Crippen LogP contribution >= 0.6 is 0 Å². The molecule has 0 amide bonds. The van der Waals surface area contributed by atoms with Crippen molar-refractivity contribution < 1.29 is 8.42 Å². The summed E-state index contributed by atoms with van der Waals surface area (Å²) in [5.74, 6) is 0.444. The number of nitrogens with zero attached hydrogens (tertiary/aromatic N) is 1. The van der Waals surface area contributed by atoms with Crippen molar-refractivity contribution in [2.75, 3.05) is 18.8 Å². The average molecular weight is 299 g/mol. The first-order valence-electron chi connectivity index (χ1n) is 7.13. The van der Waals surface area contributed by atoms with Crippen LogP contribution < -0.4 is 10.5 Å². The van der Waals surface area contributed by atoms with E-state index in [1.165, 1.54) is 0 Å². The molecule has 3 N–H and O–H groups in total. The fourth-order valence-electron chi connectivity index (χ4n) is 2.11. The van der Waals surface area contributed by atoms with Crippen molar-refractivity contribution in [2.24, 2.45) is 11.7 Å². The highest BCUT2D eigenvalue weighted by Gasteiger charge is 2.14. The van der Waals surface area contributed by atoms with Crippen molar-refractivity contribution in [3.8, 4) is 0 Å². The number of hydrogen-bond donors (Lipinski definition) is 2. The highest BCUT2D eigenvalue weighted by atomic mass is 32.2. The third-order valence-corrected chi connectivity index (χ3v) is 4.62. The first kappa shape index (κ1) is 17.1. The maximum atomic E-state index is 12.0. The van der Waals surface area contributed by atoms with Crippen LogP contribution in [0.25, 0.3) is 0 Å². The zero-order valence-electron chi connectivity index (χ0n) is 12.1. The summed E-state index contributed by atoms with van der Waals surface area (Å²) in [5, 5.41) is 0. The summed E-state index contributed by atoms with van der Waals surface area (Å²) in [5.41, 5.74) is 6.53. The van der Waals surface area contributed by atoms with E-state index >= 15 is 0 Å². The van der Waals surface area contributed by atoms with E-state index in [0.717, 1.165) is 24.8 Å². The smallest absolute Gasteiger partial charge is 0.211 e. The standard InChI is InChI=1S/C14H25N3O2S/c1-2-3-14(4-8-15)12-17-20(18,19)11-7-13-5-9-16-10-6-13/h5-6,9-10,14,17H,2-4,7-8,11-12,15H2,1H3. The van der Waals surface area contributed by atoms with Gasteiger partial charge in [-0.2, -0.15) is 0 Å². The van der Waals surface area contributed by atoms with Crippen molar-refractivity contribution in [3.63, 3.8) is 0 Å². The summed E-state index contributed by atoms with van der Waals surface area (Å²) in [6, 6.07) is 3.67. The highest BCUT2D eigenvalue weighted by molar-refractivity contribution is 7.89. The van der Waals surface area contributed by atoms with Crippen molar-refractivity contribution in [1.29, 1.82) is 0 Å². The molecule has 1 rings (SSSR count). The molecule has 114 valence electrons. The number of rotatable bonds is 10. The van der Waals surface area contributed by atoms with Crippen molar-refractivity contribution >= 4 is 10.0 Å². The third kappa shape index (κ3) is 6.98. The van der Waals surface area contributed by atoms with Crippen LogP contribution in [-0.4, -0.2) is 32.2 Å². The fourth-order valence-corrected chi connectivity index (χ4v) is 3.25. The molecule has 1 aromatic heterocycles. The lowest BCUT2D eigenvalue weighted by atomic mass is 10.0. The van der Waals surface area contributed by atoms with Gasteiger partial charge in [0, 0.05) is 18.9 Å². The predicted octanol–water partition coefficient (Wildman–Crippen LogP) is 1.31. The Hall–Kier alpha value is -0.980. The molecule has 0 bridgehead atoms. The first-order valence-corrected chi connectivity index (χ1v) is 8.79. The van der Waals surface area contributed by atoms with Gasteiger partial charge in [-0.3, -0.25) is 4.98 Å². The molecule has 0 aliphatic heterocycles. The topological polar surface area (TPSA) is 85.1 Å². The Kier molecular flexibility index (Phi) is 7.72. The molecule has 0 aromatic carbocycles. The van der Waals surface area contributed by atoms with Gasteiger partial charge in [0.05, 0.1) is 5.75 Å². The van der Waals surface area contributed by atoms with E-state index in [2.05, 4.69) is 16.6 Å². The molecule has 6 heteroatoms. The van der Waals surface area contributed by atoms with Gasteiger partial charge in [0.15, 0.2) is 0 Å². The summed E-state index contributed by atoms with van der Waals surface area (Å²) in [4.78, 5) is 3.91. The van der Waals surface area contributed by atoms with Gasteiger partial charge in [0.1, 0.15) is 0 Å². The Morgan fingerprint density at radius 1 is 1.30 bits per heavy atom. The van der Waals surface area contributed by atoms with Gasteiger partial charge in [-0.25, -0.2) is 13.1 Å². The Labute approximate surface area is 122 Å². The van der Waals surface area contributed by atoms with Gasteiger partial charge in [-0.05, 0) is 49.4 Å². The third-order valence-electron chi connectivity index (χ3n) is 3.27. The normalized spacial score (nSPS) is 13.3. The molecule has 0 spiro atoms. The van der Waals surface area contributed by atoms with Crippen LogP contribution in [0.5, 0.6) is 0 Å². The minimum Gasteiger partial charge on any atom is -0.330 e. The van der Waals surface area contributed by atoms with Crippen LogP contribution in [0.1, 0.15) is 31.7 Å². The predicted molar refractivity (Wildman–Crippen MR) is 81.8 cm³/mol. The average Bonchev–Trinajstić information content (AvgIpc) is 2.45. The Morgan fingerprint density at radius 3 is 2.60 bits per heavy atom.